The Labute approximate surface area is 207 Å². The number of rotatable bonds is 5. The molecule has 1 aromatic heterocycles. The number of amides is 1. The summed E-state index contributed by atoms with van der Waals surface area (Å²) in [5.74, 6) is -1.51. The highest BCUT2D eigenvalue weighted by atomic mass is 16.5. The number of nitrogens with zero attached hydrogens (tertiary/aromatic N) is 2. The van der Waals surface area contributed by atoms with Gasteiger partial charge >= 0.3 is 5.97 Å². The second-order valence-corrected chi connectivity index (χ2v) is 8.86. The molecular weight excluding hydrogens is 460 g/mol. The van der Waals surface area contributed by atoms with Crippen molar-refractivity contribution in [2.24, 2.45) is 0 Å². The highest BCUT2D eigenvalue weighted by Gasteiger charge is 2.46. The van der Waals surface area contributed by atoms with Crippen LogP contribution >= 0.6 is 0 Å². The van der Waals surface area contributed by atoms with E-state index in [0.717, 1.165) is 16.9 Å². The van der Waals surface area contributed by atoms with Crippen LogP contribution in [0.1, 0.15) is 45.6 Å². The van der Waals surface area contributed by atoms with Crippen LogP contribution in [-0.4, -0.2) is 45.9 Å². The van der Waals surface area contributed by atoms with Crippen molar-refractivity contribution >= 4 is 23.4 Å². The molecule has 2 aliphatic heterocycles. The Morgan fingerprint density at radius 1 is 1.14 bits per heavy atom. The molecule has 0 radical (unpaired) electrons. The van der Waals surface area contributed by atoms with Crippen molar-refractivity contribution in [3.63, 3.8) is 0 Å². The van der Waals surface area contributed by atoms with Crippen molar-refractivity contribution in [3.05, 3.63) is 100 Å². The van der Waals surface area contributed by atoms with E-state index in [1.54, 1.807) is 60.9 Å². The van der Waals surface area contributed by atoms with Gasteiger partial charge in [0.15, 0.2) is 0 Å². The fraction of sp³-hybridized carbons (Fsp3) is 0.214. The lowest BCUT2D eigenvalue weighted by molar-refractivity contribution is -0.140. The number of aliphatic hydroxyl groups excluding tert-OH is 1. The van der Waals surface area contributed by atoms with E-state index >= 15 is 0 Å². The van der Waals surface area contributed by atoms with Crippen LogP contribution in [0.15, 0.2) is 72.6 Å². The van der Waals surface area contributed by atoms with E-state index in [0.29, 0.717) is 23.1 Å². The standard InChI is InChI=1S/C28H24N2O6/c1-16-12-21-13-20(9-10-22(21)36-16)25(31)23-24(18-5-7-19(8-6-18)28(34)35-2)30(27(33)26(23)32)15-17-4-3-11-29-14-17/h3-11,13-14,16,24,31H,12,15H2,1-2H3/b25-23+. The molecule has 2 unspecified atom stereocenters. The van der Waals surface area contributed by atoms with Crippen molar-refractivity contribution in [2.75, 3.05) is 7.11 Å². The molecule has 36 heavy (non-hydrogen) atoms. The zero-order valence-electron chi connectivity index (χ0n) is 19.8. The first-order valence-corrected chi connectivity index (χ1v) is 11.5. The molecule has 2 aliphatic rings. The third-order valence-electron chi connectivity index (χ3n) is 6.43. The average Bonchev–Trinajstić information content (AvgIpc) is 3.39. The van der Waals surface area contributed by atoms with Crippen molar-refractivity contribution in [2.45, 2.75) is 32.0 Å². The number of ether oxygens (including phenoxy) is 2. The smallest absolute Gasteiger partial charge is 0.337 e. The van der Waals surface area contributed by atoms with Gasteiger partial charge < -0.3 is 19.5 Å². The van der Waals surface area contributed by atoms with E-state index in [1.807, 2.05) is 13.0 Å². The lowest BCUT2D eigenvalue weighted by Crippen LogP contribution is -2.29. The summed E-state index contributed by atoms with van der Waals surface area (Å²) in [7, 11) is 1.29. The van der Waals surface area contributed by atoms with Gasteiger partial charge in [0.1, 0.15) is 17.6 Å². The Balaban J connectivity index is 1.62. The minimum Gasteiger partial charge on any atom is -0.507 e. The van der Waals surface area contributed by atoms with Crippen molar-refractivity contribution in [1.82, 2.24) is 9.88 Å². The number of likely N-dealkylation sites (tertiary alicyclic amines) is 1. The maximum Gasteiger partial charge on any atom is 0.337 e. The van der Waals surface area contributed by atoms with Gasteiger partial charge in [-0.25, -0.2) is 4.79 Å². The minimum absolute atomic E-state index is 0.0124. The lowest BCUT2D eigenvalue weighted by atomic mass is 9.94. The quantitative estimate of drug-likeness (QED) is 0.254. The number of carbonyl (C=O) groups excluding carboxylic acids is 3. The van der Waals surface area contributed by atoms with Gasteiger partial charge in [0.2, 0.25) is 0 Å². The van der Waals surface area contributed by atoms with Crippen LogP contribution in [-0.2, 0) is 27.3 Å². The summed E-state index contributed by atoms with van der Waals surface area (Å²) in [5, 5.41) is 11.4. The summed E-state index contributed by atoms with van der Waals surface area (Å²) in [6, 6.07) is 14.4. The summed E-state index contributed by atoms with van der Waals surface area (Å²) in [6.07, 6.45) is 3.96. The van der Waals surface area contributed by atoms with Crippen LogP contribution < -0.4 is 4.74 Å². The molecule has 1 N–H and O–H groups in total. The first-order valence-electron chi connectivity index (χ1n) is 11.5. The van der Waals surface area contributed by atoms with Crippen molar-refractivity contribution in [1.29, 1.82) is 0 Å². The van der Waals surface area contributed by atoms with Gasteiger partial charge in [0.05, 0.1) is 24.3 Å². The van der Waals surface area contributed by atoms with E-state index in [2.05, 4.69) is 4.98 Å². The molecular formula is C28H24N2O6. The number of carbonyl (C=O) groups is 3. The third kappa shape index (κ3) is 4.11. The fourth-order valence-corrected chi connectivity index (χ4v) is 4.72. The van der Waals surface area contributed by atoms with Crippen LogP contribution in [0.3, 0.4) is 0 Å². The second-order valence-electron chi connectivity index (χ2n) is 8.86. The number of ketones is 1. The number of aromatic nitrogens is 1. The van der Waals surface area contributed by atoms with Gasteiger partial charge in [0, 0.05) is 30.9 Å². The summed E-state index contributed by atoms with van der Waals surface area (Å²) in [5.41, 5.74) is 2.99. The lowest BCUT2D eigenvalue weighted by Gasteiger charge is -2.25. The molecule has 182 valence electrons. The molecule has 0 spiro atoms. The number of esters is 1. The monoisotopic (exact) mass is 484 g/mol. The summed E-state index contributed by atoms with van der Waals surface area (Å²) < 4.78 is 10.5. The summed E-state index contributed by atoms with van der Waals surface area (Å²) >= 11 is 0. The van der Waals surface area contributed by atoms with Gasteiger partial charge in [-0.15, -0.1) is 0 Å². The topological polar surface area (TPSA) is 106 Å². The van der Waals surface area contributed by atoms with Gasteiger partial charge in [-0.1, -0.05) is 18.2 Å². The van der Waals surface area contributed by atoms with Crippen LogP contribution in [0.4, 0.5) is 0 Å². The van der Waals surface area contributed by atoms with E-state index < -0.39 is 23.7 Å². The molecule has 2 aromatic carbocycles. The predicted molar refractivity (Wildman–Crippen MR) is 130 cm³/mol. The van der Waals surface area contributed by atoms with Crippen LogP contribution in [0.2, 0.25) is 0 Å². The number of aliphatic hydroxyl groups is 1. The van der Waals surface area contributed by atoms with Gasteiger partial charge in [-0.2, -0.15) is 0 Å². The number of benzene rings is 2. The zero-order chi connectivity index (χ0) is 25.4. The van der Waals surface area contributed by atoms with Crippen molar-refractivity contribution in [3.8, 4) is 5.75 Å². The maximum atomic E-state index is 13.3. The SMILES string of the molecule is COC(=O)c1ccc(C2/C(=C(\O)c3ccc4c(c3)CC(C)O4)C(=O)C(=O)N2Cc2cccnc2)cc1. The molecule has 8 nitrogen and oxygen atoms in total. The Morgan fingerprint density at radius 3 is 2.58 bits per heavy atom. The molecule has 3 aromatic rings. The molecule has 8 heteroatoms. The molecule has 5 rings (SSSR count). The normalized spacial score (nSPS) is 20.2. The number of Topliss-reactive ketones (excluding diaryl/α,β-unsaturated/α-hetero) is 1. The zero-order valence-corrected chi connectivity index (χ0v) is 19.8. The van der Waals surface area contributed by atoms with E-state index in [4.69, 9.17) is 9.47 Å². The minimum atomic E-state index is -0.861. The van der Waals surface area contributed by atoms with Crippen LogP contribution in [0, 0.1) is 0 Å². The number of methoxy groups -OCH3 is 1. The first kappa shape index (κ1) is 23.3. The Morgan fingerprint density at radius 2 is 1.89 bits per heavy atom. The third-order valence-corrected chi connectivity index (χ3v) is 6.43. The number of hydrogen-bond donors (Lipinski definition) is 1. The Kier molecular flexibility index (Phi) is 6.01. The average molecular weight is 485 g/mol. The van der Waals surface area contributed by atoms with Crippen LogP contribution in [0.5, 0.6) is 5.75 Å². The van der Waals surface area contributed by atoms with Crippen LogP contribution in [0.25, 0.3) is 5.76 Å². The summed E-state index contributed by atoms with van der Waals surface area (Å²) in [6.45, 7) is 2.08. The fourth-order valence-electron chi connectivity index (χ4n) is 4.72. The van der Waals surface area contributed by atoms with E-state index in [9.17, 15) is 19.5 Å². The predicted octanol–water partition coefficient (Wildman–Crippen LogP) is 3.81. The van der Waals surface area contributed by atoms with Gasteiger partial charge in [-0.3, -0.25) is 14.6 Å². The van der Waals surface area contributed by atoms with Gasteiger partial charge in [-0.05, 0) is 60.0 Å². The second kappa shape index (κ2) is 9.30. The molecule has 0 aliphatic carbocycles. The Hall–Kier alpha value is -4.46. The highest BCUT2D eigenvalue weighted by Crippen LogP contribution is 2.41. The molecule has 3 heterocycles. The molecule has 1 fully saturated rings. The molecule has 2 atom stereocenters. The molecule has 1 saturated heterocycles. The molecule has 1 amide bonds. The number of fused-ring (bicyclic) bond motifs is 1. The number of hydrogen-bond acceptors (Lipinski definition) is 7. The van der Waals surface area contributed by atoms with E-state index in [1.165, 1.54) is 12.0 Å². The number of pyridine rings is 1. The Bertz CT molecular complexity index is 1380. The van der Waals surface area contributed by atoms with Gasteiger partial charge in [0.25, 0.3) is 11.7 Å². The first-order chi connectivity index (χ1) is 17.4. The molecule has 0 bridgehead atoms. The van der Waals surface area contributed by atoms with E-state index in [-0.39, 0.29) is 24.0 Å². The maximum absolute atomic E-state index is 13.3. The van der Waals surface area contributed by atoms with Crippen molar-refractivity contribution < 1.29 is 29.0 Å². The largest absolute Gasteiger partial charge is 0.507 e. The molecule has 0 saturated carbocycles. The highest BCUT2D eigenvalue weighted by molar-refractivity contribution is 6.46. The summed E-state index contributed by atoms with van der Waals surface area (Å²) in [4.78, 5) is 43.9.